The summed E-state index contributed by atoms with van der Waals surface area (Å²) >= 11 is 0. The van der Waals surface area contributed by atoms with Crippen molar-refractivity contribution in [3.63, 3.8) is 0 Å². The summed E-state index contributed by atoms with van der Waals surface area (Å²) in [5.74, 6) is 1.38. The first-order chi connectivity index (χ1) is 10.3. The van der Waals surface area contributed by atoms with Gasteiger partial charge >= 0.3 is 6.96 Å². The highest BCUT2D eigenvalue weighted by molar-refractivity contribution is 6.56. The Morgan fingerprint density at radius 3 is 2.18 bits per heavy atom. The Kier molecular flexibility index (Phi) is 3.87. The first kappa shape index (κ1) is 15.7. The maximum atomic E-state index is 6.02. The minimum atomic E-state index is -2.23. The van der Waals surface area contributed by atoms with Crippen LogP contribution in [0.1, 0.15) is 40.2 Å². The van der Waals surface area contributed by atoms with Gasteiger partial charge in [-0.25, -0.2) is 0 Å². The number of nitrogens with one attached hydrogen (secondary N) is 1. The van der Waals surface area contributed by atoms with Crippen LogP contribution >= 0.6 is 0 Å². The van der Waals surface area contributed by atoms with E-state index >= 15 is 0 Å². The molecule has 22 heavy (non-hydrogen) atoms. The number of fused-ring (bicyclic) bond motifs is 1. The minimum Gasteiger partial charge on any atom is -0.632 e. The van der Waals surface area contributed by atoms with E-state index in [4.69, 9.17) is 18.6 Å². The van der Waals surface area contributed by atoms with Crippen molar-refractivity contribution in [1.82, 2.24) is 5.32 Å². The van der Waals surface area contributed by atoms with E-state index in [1.54, 1.807) is 0 Å². The molecule has 0 radical (unpaired) electrons. The van der Waals surface area contributed by atoms with Crippen molar-refractivity contribution in [3.05, 3.63) is 23.8 Å². The molecule has 2 unspecified atom stereocenters. The standard InChI is InChI=1S/C16H25BNO4/c1-11-9-18-10-12(2)20-17(19-11)21-14-7-6-13(16(3,4)5)8-15(14)22-17/h6-8,11-12,18H,9-10H2,1-5H3/q-1. The second-order valence-corrected chi connectivity index (χ2v) is 7.28. The van der Waals surface area contributed by atoms with Crippen LogP contribution in [-0.2, 0) is 14.7 Å². The molecule has 1 aromatic rings. The van der Waals surface area contributed by atoms with Gasteiger partial charge in [-0.05, 0) is 37.0 Å². The highest BCUT2D eigenvalue weighted by Gasteiger charge is 2.46. The molecular formula is C16H25BNO4-. The molecule has 2 atom stereocenters. The molecule has 1 spiro atoms. The average molecular weight is 306 g/mol. The van der Waals surface area contributed by atoms with Gasteiger partial charge in [0.25, 0.3) is 0 Å². The second kappa shape index (κ2) is 5.44. The zero-order chi connectivity index (χ0) is 16.0. The van der Waals surface area contributed by atoms with Gasteiger partial charge in [0.1, 0.15) is 11.5 Å². The van der Waals surface area contributed by atoms with Gasteiger partial charge in [-0.1, -0.05) is 26.8 Å². The fourth-order valence-electron chi connectivity index (χ4n) is 2.80. The maximum absolute atomic E-state index is 6.02. The van der Waals surface area contributed by atoms with E-state index in [0.717, 1.165) is 13.1 Å². The van der Waals surface area contributed by atoms with Crippen molar-refractivity contribution in [3.8, 4) is 11.5 Å². The Labute approximate surface area is 132 Å². The minimum absolute atomic E-state index is 0.0499. The van der Waals surface area contributed by atoms with Gasteiger partial charge in [0.2, 0.25) is 0 Å². The van der Waals surface area contributed by atoms with Crippen molar-refractivity contribution in [1.29, 1.82) is 0 Å². The molecule has 1 aromatic carbocycles. The van der Waals surface area contributed by atoms with E-state index in [0.29, 0.717) is 11.5 Å². The summed E-state index contributed by atoms with van der Waals surface area (Å²) in [5.41, 5.74) is 1.24. The third kappa shape index (κ3) is 3.09. The van der Waals surface area contributed by atoms with E-state index in [1.165, 1.54) is 5.56 Å². The van der Waals surface area contributed by atoms with E-state index in [-0.39, 0.29) is 17.6 Å². The van der Waals surface area contributed by atoms with Crippen LogP contribution in [0.25, 0.3) is 0 Å². The van der Waals surface area contributed by atoms with E-state index in [9.17, 15) is 0 Å². The molecule has 3 rings (SSSR count). The quantitative estimate of drug-likeness (QED) is 0.747. The Morgan fingerprint density at radius 1 is 1.00 bits per heavy atom. The Bertz CT molecular complexity index is 546. The molecule has 0 bridgehead atoms. The van der Waals surface area contributed by atoms with Gasteiger partial charge in [0.15, 0.2) is 0 Å². The maximum Gasteiger partial charge on any atom is 0.653 e. The molecular weight excluding hydrogens is 281 g/mol. The second-order valence-electron chi connectivity index (χ2n) is 7.28. The molecule has 0 aliphatic carbocycles. The smallest absolute Gasteiger partial charge is 0.632 e. The lowest BCUT2D eigenvalue weighted by Gasteiger charge is -2.41. The Balaban J connectivity index is 1.87. The lowest BCUT2D eigenvalue weighted by molar-refractivity contribution is -0.00849. The summed E-state index contributed by atoms with van der Waals surface area (Å²) < 4.78 is 23.9. The van der Waals surface area contributed by atoms with Crippen molar-refractivity contribution >= 4 is 6.96 Å². The van der Waals surface area contributed by atoms with Gasteiger partial charge in [-0.2, -0.15) is 0 Å². The molecule has 6 heteroatoms. The van der Waals surface area contributed by atoms with Crippen LogP contribution in [0, 0.1) is 0 Å². The third-order valence-electron chi connectivity index (χ3n) is 4.01. The molecule has 5 nitrogen and oxygen atoms in total. The highest BCUT2D eigenvalue weighted by atomic mass is 16.9. The molecule has 0 amide bonds. The monoisotopic (exact) mass is 306 g/mol. The fraction of sp³-hybridized carbons (Fsp3) is 0.625. The topological polar surface area (TPSA) is 49.0 Å². The fourth-order valence-corrected chi connectivity index (χ4v) is 2.80. The zero-order valence-electron chi connectivity index (χ0n) is 14.0. The van der Waals surface area contributed by atoms with Crippen molar-refractivity contribution in [2.24, 2.45) is 0 Å². The largest absolute Gasteiger partial charge is 0.653 e. The third-order valence-corrected chi connectivity index (χ3v) is 4.01. The Morgan fingerprint density at radius 2 is 1.59 bits per heavy atom. The molecule has 0 aromatic heterocycles. The van der Waals surface area contributed by atoms with E-state index in [1.807, 2.05) is 26.0 Å². The average Bonchev–Trinajstić information content (AvgIpc) is 2.72. The number of benzene rings is 1. The highest BCUT2D eigenvalue weighted by Crippen LogP contribution is 2.41. The number of hydrogen-bond acceptors (Lipinski definition) is 5. The van der Waals surface area contributed by atoms with Crippen molar-refractivity contribution in [2.45, 2.75) is 52.2 Å². The summed E-state index contributed by atoms with van der Waals surface area (Å²) in [4.78, 5) is 0. The lowest BCUT2D eigenvalue weighted by Crippen LogP contribution is -2.59. The van der Waals surface area contributed by atoms with Crippen LogP contribution in [0.5, 0.6) is 11.5 Å². The molecule has 2 aliphatic rings. The summed E-state index contributed by atoms with van der Waals surface area (Å²) in [6.45, 7) is 9.73. The van der Waals surface area contributed by atoms with Crippen LogP contribution in [0.15, 0.2) is 18.2 Å². The van der Waals surface area contributed by atoms with E-state index < -0.39 is 6.96 Å². The number of hydrogen-bond donors (Lipinski definition) is 1. The zero-order valence-corrected chi connectivity index (χ0v) is 14.0. The SMILES string of the molecule is CC1CNCC(C)O[B-]2(Oc3ccc(C(C)(C)C)cc3O2)O1. The normalized spacial score (nSPS) is 31.9. The summed E-state index contributed by atoms with van der Waals surface area (Å²) in [7, 11) is 0. The van der Waals surface area contributed by atoms with Gasteiger partial charge in [-0.3, -0.25) is 0 Å². The van der Waals surface area contributed by atoms with Crippen LogP contribution < -0.4 is 14.6 Å². The first-order valence-electron chi connectivity index (χ1n) is 7.99. The Hall–Kier alpha value is -1.24. The summed E-state index contributed by atoms with van der Waals surface area (Å²) in [6.07, 6.45) is -0.104. The summed E-state index contributed by atoms with van der Waals surface area (Å²) in [5, 5.41) is 3.29. The van der Waals surface area contributed by atoms with Gasteiger partial charge in [0, 0.05) is 25.3 Å². The predicted molar refractivity (Wildman–Crippen MR) is 86.1 cm³/mol. The molecule has 122 valence electrons. The van der Waals surface area contributed by atoms with Gasteiger partial charge in [-0.15, -0.1) is 0 Å². The van der Waals surface area contributed by atoms with E-state index in [2.05, 4.69) is 32.2 Å². The van der Waals surface area contributed by atoms with Crippen molar-refractivity contribution in [2.75, 3.05) is 13.1 Å². The summed E-state index contributed by atoms with van der Waals surface area (Å²) in [6, 6.07) is 6.02. The molecule has 0 saturated carbocycles. The van der Waals surface area contributed by atoms with Gasteiger partial charge < -0.3 is 23.9 Å². The predicted octanol–water partition coefficient (Wildman–Crippen LogP) is 2.60. The van der Waals surface area contributed by atoms with Crippen LogP contribution in [0.3, 0.4) is 0 Å². The molecule has 1 fully saturated rings. The van der Waals surface area contributed by atoms with Crippen molar-refractivity contribution < 1.29 is 18.6 Å². The molecule has 1 saturated heterocycles. The molecule has 2 heterocycles. The van der Waals surface area contributed by atoms with Crippen LogP contribution in [-0.4, -0.2) is 32.3 Å². The first-order valence-corrected chi connectivity index (χ1v) is 7.99. The van der Waals surface area contributed by atoms with Crippen LogP contribution in [0.2, 0.25) is 0 Å². The lowest BCUT2D eigenvalue weighted by atomic mass is 9.87. The molecule has 2 aliphatic heterocycles. The molecule has 1 N–H and O–H groups in total. The number of rotatable bonds is 0. The van der Waals surface area contributed by atoms with Gasteiger partial charge in [0.05, 0.1) is 0 Å². The van der Waals surface area contributed by atoms with Crippen LogP contribution in [0.4, 0.5) is 0 Å².